The predicted octanol–water partition coefficient (Wildman–Crippen LogP) is 3.90. The number of nitrogens with one attached hydrogen (secondary N) is 1. The van der Waals surface area contributed by atoms with E-state index in [0.29, 0.717) is 40.2 Å². The Bertz CT molecular complexity index is 1440. The molecule has 12 heteroatoms. The number of ether oxygens (including phenoxy) is 2. The molecule has 3 aromatic heterocycles. The third kappa shape index (κ3) is 4.59. The van der Waals surface area contributed by atoms with E-state index in [0.717, 1.165) is 50.3 Å². The van der Waals surface area contributed by atoms with Gasteiger partial charge in [0.1, 0.15) is 17.9 Å². The van der Waals surface area contributed by atoms with Crippen LogP contribution in [0.2, 0.25) is 0 Å². The van der Waals surface area contributed by atoms with E-state index in [9.17, 15) is 13.2 Å². The normalized spacial score (nSPS) is 18.0. The number of imidazole rings is 1. The minimum absolute atomic E-state index is 0.258. The summed E-state index contributed by atoms with van der Waals surface area (Å²) in [6.45, 7) is 4.14. The van der Waals surface area contributed by atoms with E-state index < -0.39 is 12.7 Å². The third-order valence-electron chi connectivity index (χ3n) is 7.26. The molecule has 5 heterocycles. The minimum Gasteiger partial charge on any atom is -0.479 e. The number of hydrogen-bond acceptors (Lipinski definition) is 7. The van der Waals surface area contributed by atoms with Crippen LogP contribution in [-0.4, -0.2) is 80.7 Å². The number of nitrogens with zero attached hydrogens (tertiary/aromatic N) is 6. The lowest BCUT2D eigenvalue weighted by Gasteiger charge is -2.41. The molecule has 0 radical (unpaired) electrons. The largest absolute Gasteiger partial charge is 0.479 e. The van der Waals surface area contributed by atoms with Crippen LogP contribution in [0.1, 0.15) is 18.7 Å². The number of aryl methyl sites for hydroxylation is 1. The Labute approximate surface area is 211 Å². The molecule has 1 N–H and O–H groups in total. The SMILES string of the molecule is COc1nc(NC2CCN(C3COC3)CC2)nn2ccc(-c3ccc4nc(C)n(CC(F)(F)F)c4c3)c12. The number of anilines is 1. The van der Waals surface area contributed by atoms with Gasteiger partial charge in [0.15, 0.2) is 0 Å². The molecule has 6 rings (SSSR count). The van der Waals surface area contributed by atoms with Crippen LogP contribution >= 0.6 is 0 Å². The first-order valence-corrected chi connectivity index (χ1v) is 12.3. The van der Waals surface area contributed by atoms with E-state index in [1.807, 2.05) is 18.3 Å². The summed E-state index contributed by atoms with van der Waals surface area (Å²) in [7, 11) is 1.55. The van der Waals surface area contributed by atoms with E-state index in [4.69, 9.17) is 9.47 Å². The van der Waals surface area contributed by atoms with Gasteiger partial charge in [-0.3, -0.25) is 4.90 Å². The number of piperidine rings is 1. The summed E-state index contributed by atoms with van der Waals surface area (Å²) in [4.78, 5) is 11.4. The fourth-order valence-corrected chi connectivity index (χ4v) is 5.24. The molecule has 9 nitrogen and oxygen atoms in total. The smallest absolute Gasteiger partial charge is 0.406 e. The summed E-state index contributed by atoms with van der Waals surface area (Å²) in [5.41, 5.74) is 3.07. The lowest BCUT2D eigenvalue weighted by atomic mass is 10.0. The number of halogens is 3. The number of rotatable bonds is 6. The second-order valence-electron chi connectivity index (χ2n) is 9.68. The van der Waals surface area contributed by atoms with Crippen molar-refractivity contribution in [2.24, 2.45) is 0 Å². The molecule has 196 valence electrons. The highest BCUT2D eigenvalue weighted by Crippen LogP contribution is 2.34. The summed E-state index contributed by atoms with van der Waals surface area (Å²) >= 11 is 0. The topological polar surface area (TPSA) is 81.7 Å². The van der Waals surface area contributed by atoms with Gasteiger partial charge in [0.05, 0.1) is 37.4 Å². The van der Waals surface area contributed by atoms with Gasteiger partial charge in [-0.05, 0) is 43.5 Å². The van der Waals surface area contributed by atoms with Crippen molar-refractivity contribution in [3.63, 3.8) is 0 Å². The number of fused-ring (bicyclic) bond motifs is 2. The van der Waals surface area contributed by atoms with Crippen molar-refractivity contribution in [3.8, 4) is 17.0 Å². The fraction of sp³-hybridized carbons (Fsp3) is 0.480. The van der Waals surface area contributed by atoms with Crippen LogP contribution in [0.4, 0.5) is 19.1 Å². The Hall–Kier alpha value is -3.38. The van der Waals surface area contributed by atoms with Crippen molar-refractivity contribution >= 4 is 22.5 Å². The first-order chi connectivity index (χ1) is 17.8. The van der Waals surface area contributed by atoms with Crippen molar-refractivity contribution in [2.75, 3.05) is 38.7 Å². The lowest BCUT2D eigenvalue weighted by molar-refractivity contribution is -0.140. The zero-order chi connectivity index (χ0) is 25.7. The average Bonchev–Trinajstić information content (AvgIpc) is 3.38. The van der Waals surface area contributed by atoms with E-state index >= 15 is 0 Å². The Morgan fingerprint density at radius 3 is 2.59 bits per heavy atom. The molecule has 2 aliphatic rings. The van der Waals surface area contributed by atoms with Gasteiger partial charge in [-0.15, -0.1) is 5.10 Å². The number of likely N-dealkylation sites (tertiary alicyclic amines) is 1. The van der Waals surface area contributed by atoms with Crippen LogP contribution in [0.15, 0.2) is 30.5 Å². The van der Waals surface area contributed by atoms with Gasteiger partial charge in [-0.25, -0.2) is 9.50 Å². The second kappa shape index (κ2) is 9.18. The zero-order valence-corrected chi connectivity index (χ0v) is 20.6. The fourth-order valence-electron chi connectivity index (χ4n) is 5.24. The van der Waals surface area contributed by atoms with Crippen molar-refractivity contribution in [2.45, 2.75) is 44.6 Å². The molecule has 1 aromatic carbocycles. The highest BCUT2D eigenvalue weighted by Gasteiger charge is 2.31. The van der Waals surface area contributed by atoms with Crippen molar-refractivity contribution in [1.29, 1.82) is 0 Å². The third-order valence-corrected chi connectivity index (χ3v) is 7.26. The first kappa shape index (κ1) is 24.0. The Morgan fingerprint density at radius 1 is 1.14 bits per heavy atom. The molecule has 0 unspecified atom stereocenters. The van der Waals surface area contributed by atoms with Crippen LogP contribution in [0.3, 0.4) is 0 Å². The molecular weight excluding hydrogens is 487 g/mol. The van der Waals surface area contributed by atoms with E-state index in [-0.39, 0.29) is 6.04 Å². The van der Waals surface area contributed by atoms with Gasteiger partial charge >= 0.3 is 6.18 Å². The van der Waals surface area contributed by atoms with Crippen LogP contribution in [0.5, 0.6) is 5.88 Å². The lowest BCUT2D eigenvalue weighted by Crippen LogP contribution is -2.53. The molecule has 0 saturated carbocycles. The van der Waals surface area contributed by atoms with Gasteiger partial charge in [0, 0.05) is 30.9 Å². The zero-order valence-electron chi connectivity index (χ0n) is 20.6. The number of alkyl halides is 3. The highest BCUT2D eigenvalue weighted by atomic mass is 19.4. The molecule has 2 saturated heterocycles. The van der Waals surface area contributed by atoms with Crippen molar-refractivity contribution in [3.05, 3.63) is 36.3 Å². The Balaban J connectivity index is 1.29. The monoisotopic (exact) mass is 515 g/mol. The molecular formula is C25H28F3N7O2. The molecule has 0 spiro atoms. The molecule has 0 bridgehead atoms. The standard InChI is InChI=1S/C25H28F3N7O2/c1-15-29-20-4-3-16(11-21(20)34(15)14-25(26,27)28)19-7-10-35-22(19)23(36-2)31-24(32-35)30-17-5-8-33(9-6-17)18-12-37-13-18/h3-4,7,10-11,17-18H,5-6,8-9,12-14H2,1-2H3,(H,30,32). The molecule has 37 heavy (non-hydrogen) atoms. The van der Waals surface area contributed by atoms with Crippen LogP contribution < -0.4 is 10.1 Å². The van der Waals surface area contributed by atoms with Crippen LogP contribution in [-0.2, 0) is 11.3 Å². The maximum Gasteiger partial charge on any atom is 0.406 e. The molecule has 2 fully saturated rings. The molecule has 2 aliphatic heterocycles. The van der Waals surface area contributed by atoms with Crippen molar-refractivity contribution in [1.82, 2.24) is 29.0 Å². The van der Waals surface area contributed by atoms with Gasteiger partial charge in [0.2, 0.25) is 11.8 Å². The number of hydrogen-bond donors (Lipinski definition) is 1. The van der Waals surface area contributed by atoms with Gasteiger partial charge < -0.3 is 19.4 Å². The maximum absolute atomic E-state index is 13.2. The van der Waals surface area contributed by atoms with E-state index in [2.05, 4.69) is 25.3 Å². The highest BCUT2D eigenvalue weighted by molar-refractivity contribution is 5.89. The quantitative estimate of drug-likeness (QED) is 0.417. The number of benzene rings is 1. The summed E-state index contributed by atoms with van der Waals surface area (Å²) < 4.78 is 53.4. The summed E-state index contributed by atoms with van der Waals surface area (Å²) in [5.74, 6) is 1.18. The number of methoxy groups -OCH3 is 1. The van der Waals surface area contributed by atoms with E-state index in [1.54, 1.807) is 30.7 Å². The van der Waals surface area contributed by atoms with Crippen LogP contribution in [0, 0.1) is 6.92 Å². The van der Waals surface area contributed by atoms with Gasteiger partial charge in [-0.1, -0.05) is 6.07 Å². The Morgan fingerprint density at radius 2 is 1.92 bits per heavy atom. The maximum atomic E-state index is 13.2. The van der Waals surface area contributed by atoms with E-state index in [1.165, 1.54) is 4.57 Å². The molecule has 0 aliphatic carbocycles. The number of aromatic nitrogens is 5. The first-order valence-electron chi connectivity index (χ1n) is 12.3. The van der Waals surface area contributed by atoms with Crippen molar-refractivity contribution < 1.29 is 22.6 Å². The molecule has 4 aromatic rings. The molecule has 0 amide bonds. The second-order valence-corrected chi connectivity index (χ2v) is 9.68. The van der Waals surface area contributed by atoms with Gasteiger partial charge in [0.25, 0.3) is 0 Å². The summed E-state index contributed by atoms with van der Waals surface area (Å²) in [5, 5.41) is 8.10. The minimum atomic E-state index is -4.35. The van der Waals surface area contributed by atoms with Crippen LogP contribution in [0.25, 0.3) is 27.7 Å². The molecule has 0 atom stereocenters. The predicted molar refractivity (Wildman–Crippen MR) is 132 cm³/mol. The summed E-state index contributed by atoms with van der Waals surface area (Å²) in [6, 6.07) is 7.97. The summed E-state index contributed by atoms with van der Waals surface area (Å²) in [6.07, 6.45) is -0.563. The Kier molecular flexibility index (Phi) is 5.95. The average molecular weight is 516 g/mol. The van der Waals surface area contributed by atoms with Gasteiger partial charge in [-0.2, -0.15) is 18.2 Å².